The third-order valence-electron chi connectivity index (χ3n) is 4.22. The summed E-state index contributed by atoms with van der Waals surface area (Å²) >= 11 is 0. The van der Waals surface area contributed by atoms with Crippen molar-refractivity contribution < 1.29 is 13.9 Å². The molecule has 1 amide bonds. The molecule has 0 atom stereocenters. The van der Waals surface area contributed by atoms with E-state index in [1.807, 2.05) is 54.6 Å². The molecule has 0 saturated heterocycles. The van der Waals surface area contributed by atoms with Crippen molar-refractivity contribution in [2.45, 2.75) is 0 Å². The topological polar surface area (TPSA) is 63.2 Å². The number of amides is 1. The van der Waals surface area contributed by atoms with Crippen LogP contribution in [0.25, 0.3) is 0 Å². The molecule has 0 fully saturated rings. The van der Waals surface area contributed by atoms with Crippen LogP contribution in [-0.4, -0.2) is 10.9 Å². The summed E-state index contributed by atoms with van der Waals surface area (Å²) in [5, 5.41) is 5.90. The van der Waals surface area contributed by atoms with Gasteiger partial charge in [-0.25, -0.2) is 4.39 Å². The maximum Gasteiger partial charge on any atom is 0.257 e. The Morgan fingerprint density at radius 3 is 2.47 bits per heavy atom. The minimum Gasteiger partial charge on any atom is -0.455 e. The molecule has 2 N–H and O–H groups in total. The van der Waals surface area contributed by atoms with Crippen molar-refractivity contribution in [1.29, 1.82) is 0 Å². The standard InChI is InChI=1S/C24H18FN3O2/c25-18-7-6-8-19(14-18)28-24(29)17-13-20(16-26-15-17)27-22-11-4-5-12-23(22)30-21-9-2-1-3-10-21/h1-16,27H,(H,28,29). The number of rotatable bonds is 6. The molecule has 0 aliphatic heterocycles. The highest BCUT2D eigenvalue weighted by molar-refractivity contribution is 6.04. The molecule has 4 rings (SSSR count). The number of carbonyl (C=O) groups is 1. The predicted octanol–water partition coefficient (Wildman–Crippen LogP) is 6.01. The van der Waals surface area contributed by atoms with Gasteiger partial charge in [-0.15, -0.1) is 0 Å². The predicted molar refractivity (Wildman–Crippen MR) is 115 cm³/mol. The zero-order chi connectivity index (χ0) is 20.8. The number of nitrogens with one attached hydrogen (secondary N) is 2. The lowest BCUT2D eigenvalue weighted by Crippen LogP contribution is -2.12. The van der Waals surface area contributed by atoms with E-state index in [0.717, 1.165) is 5.69 Å². The number of pyridine rings is 1. The van der Waals surface area contributed by atoms with Crippen LogP contribution in [0, 0.1) is 5.82 Å². The zero-order valence-electron chi connectivity index (χ0n) is 15.9. The van der Waals surface area contributed by atoms with E-state index in [4.69, 9.17) is 4.74 Å². The van der Waals surface area contributed by atoms with E-state index in [1.165, 1.54) is 24.4 Å². The number of nitrogens with zero attached hydrogens (tertiary/aromatic N) is 1. The Labute approximate surface area is 173 Å². The van der Waals surface area contributed by atoms with Crippen molar-refractivity contribution in [2.24, 2.45) is 0 Å². The maximum absolute atomic E-state index is 13.3. The molecule has 4 aromatic rings. The van der Waals surface area contributed by atoms with Crippen molar-refractivity contribution in [2.75, 3.05) is 10.6 Å². The molecule has 5 nitrogen and oxygen atoms in total. The fourth-order valence-electron chi connectivity index (χ4n) is 2.83. The molecule has 3 aromatic carbocycles. The number of hydrogen-bond acceptors (Lipinski definition) is 4. The van der Waals surface area contributed by atoms with E-state index < -0.39 is 5.82 Å². The fourth-order valence-corrected chi connectivity index (χ4v) is 2.83. The number of halogens is 1. The van der Waals surface area contributed by atoms with Gasteiger partial charge in [-0.3, -0.25) is 9.78 Å². The quantitative estimate of drug-likeness (QED) is 0.417. The first-order valence-electron chi connectivity index (χ1n) is 9.28. The maximum atomic E-state index is 13.3. The Morgan fingerprint density at radius 2 is 1.63 bits per heavy atom. The Kier molecular flexibility index (Phi) is 5.66. The lowest BCUT2D eigenvalue weighted by atomic mass is 10.2. The molecule has 1 heterocycles. The molecule has 6 heteroatoms. The van der Waals surface area contributed by atoms with Crippen LogP contribution < -0.4 is 15.4 Å². The van der Waals surface area contributed by atoms with E-state index in [9.17, 15) is 9.18 Å². The Balaban J connectivity index is 1.52. The average Bonchev–Trinajstić information content (AvgIpc) is 2.76. The molecular weight excluding hydrogens is 381 g/mol. The van der Waals surface area contributed by atoms with Gasteiger partial charge >= 0.3 is 0 Å². The Bertz CT molecular complexity index is 1170. The van der Waals surface area contributed by atoms with Gasteiger partial charge in [0.1, 0.15) is 11.6 Å². The van der Waals surface area contributed by atoms with Crippen molar-refractivity contribution in [3.63, 3.8) is 0 Å². The number of hydrogen-bond donors (Lipinski definition) is 2. The molecular formula is C24H18FN3O2. The SMILES string of the molecule is O=C(Nc1cccc(F)c1)c1cncc(Nc2ccccc2Oc2ccccc2)c1. The van der Waals surface area contributed by atoms with E-state index in [1.54, 1.807) is 18.3 Å². The number of benzene rings is 3. The molecule has 0 saturated carbocycles. The van der Waals surface area contributed by atoms with Crippen molar-refractivity contribution in [3.05, 3.63) is 109 Å². The molecule has 0 aliphatic carbocycles. The smallest absolute Gasteiger partial charge is 0.257 e. The molecule has 0 radical (unpaired) electrons. The lowest BCUT2D eigenvalue weighted by molar-refractivity contribution is 0.102. The summed E-state index contributed by atoms with van der Waals surface area (Å²) in [6.45, 7) is 0. The van der Waals surface area contributed by atoms with Crippen LogP contribution in [-0.2, 0) is 0 Å². The first-order chi connectivity index (χ1) is 14.7. The van der Waals surface area contributed by atoms with Gasteiger partial charge in [-0.1, -0.05) is 36.4 Å². The van der Waals surface area contributed by atoms with Gasteiger partial charge in [0.2, 0.25) is 0 Å². The summed E-state index contributed by atoms with van der Waals surface area (Å²) in [4.78, 5) is 16.6. The van der Waals surface area contributed by atoms with Crippen molar-refractivity contribution in [1.82, 2.24) is 4.98 Å². The van der Waals surface area contributed by atoms with E-state index in [2.05, 4.69) is 15.6 Å². The minimum absolute atomic E-state index is 0.339. The van der Waals surface area contributed by atoms with Gasteiger partial charge in [0.05, 0.1) is 23.1 Å². The van der Waals surface area contributed by atoms with Gasteiger partial charge in [0, 0.05) is 11.9 Å². The van der Waals surface area contributed by atoms with Gasteiger partial charge in [-0.2, -0.15) is 0 Å². The first kappa shape index (κ1) is 19.1. The van der Waals surface area contributed by atoms with Gasteiger partial charge < -0.3 is 15.4 Å². The number of anilines is 3. The second-order valence-electron chi connectivity index (χ2n) is 6.46. The summed E-state index contributed by atoms with van der Waals surface area (Å²) in [6.07, 6.45) is 3.06. The highest BCUT2D eigenvalue weighted by Crippen LogP contribution is 2.31. The van der Waals surface area contributed by atoms with Crippen LogP contribution in [0.3, 0.4) is 0 Å². The Morgan fingerprint density at radius 1 is 0.833 bits per heavy atom. The summed E-state index contributed by atoms with van der Waals surface area (Å²) in [5.41, 5.74) is 2.06. The number of carbonyl (C=O) groups excluding carboxylic acids is 1. The third-order valence-corrected chi connectivity index (χ3v) is 4.22. The molecule has 0 bridgehead atoms. The van der Waals surface area contributed by atoms with Crippen LogP contribution in [0.4, 0.5) is 21.5 Å². The van der Waals surface area contributed by atoms with Crippen LogP contribution in [0.15, 0.2) is 97.3 Å². The van der Waals surface area contributed by atoms with Crippen LogP contribution in [0.2, 0.25) is 0 Å². The molecule has 148 valence electrons. The molecule has 30 heavy (non-hydrogen) atoms. The van der Waals surface area contributed by atoms with E-state index >= 15 is 0 Å². The van der Waals surface area contributed by atoms with E-state index in [-0.39, 0.29) is 5.91 Å². The van der Waals surface area contributed by atoms with Crippen molar-refractivity contribution in [3.8, 4) is 11.5 Å². The summed E-state index contributed by atoms with van der Waals surface area (Å²) < 4.78 is 19.3. The Hall–Kier alpha value is -4.19. The van der Waals surface area contributed by atoms with Crippen LogP contribution in [0.5, 0.6) is 11.5 Å². The average molecular weight is 399 g/mol. The zero-order valence-corrected chi connectivity index (χ0v) is 15.9. The molecule has 0 aliphatic rings. The summed E-state index contributed by atoms with van der Waals surface area (Å²) in [7, 11) is 0. The number of ether oxygens (including phenoxy) is 1. The van der Waals surface area contributed by atoms with Crippen molar-refractivity contribution >= 4 is 23.0 Å². The fraction of sp³-hybridized carbons (Fsp3) is 0. The number of aromatic nitrogens is 1. The summed E-state index contributed by atoms with van der Waals surface area (Å²) in [6, 6.07) is 24.3. The normalized spacial score (nSPS) is 10.3. The summed E-state index contributed by atoms with van der Waals surface area (Å²) in [5.74, 6) is 0.549. The van der Waals surface area contributed by atoms with E-state index in [0.29, 0.717) is 28.4 Å². The number of para-hydroxylation sites is 3. The highest BCUT2D eigenvalue weighted by atomic mass is 19.1. The monoisotopic (exact) mass is 399 g/mol. The molecule has 0 spiro atoms. The van der Waals surface area contributed by atoms with Crippen LogP contribution in [0.1, 0.15) is 10.4 Å². The largest absolute Gasteiger partial charge is 0.455 e. The minimum atomic E-state index is -0.420. The van der Waals surface area contributed by atoms with Gasteiger partial charge in [0.25, 0.3) is 5.91 Å². The molecule has 1 aromatic heterocycles. The van der Waals surface area contributed by atoms with Gasteiger partial charge in [0.15, 0.2) is 5.75 Å². The first-order valence-corrected chi connectivity index (χ1v) is 9.28. The third kappa shape index (κ3) is 4.80. The van der Waals surface area contributed by atoms with Gasteiger partial charge in [-0.05, 0) is 48.5 Å². The second kappa shape index (κ2) is 8.87. The lowest BCUT2D eigenvalue weighted by Gasteiger charge is -2.13. The second-order valence-corrected chi connectivity index (χ2v) is 6.46. The van der Waals surface area contributed by atoms with Crippen LogP contribution >= 0.6 is 0 Å². The highest BCUT2D eigenvalue weighted by Gasteiger charge is 2.10. The molecule has 0 unspecified atom stereocenters.